The molecule has 0 unspecified atom stereocenters. The van der Waals surface area contributed by atoms with Crippen molar-refractivity contribution < 1.29 is 4.74 Å². The van der Waals surface area contributed by atoms with Crippen molar-refractivity contribution in [3.8, 4) is 0 Å². The van der Waals surface area contributed by atoms with Crippen molar-refractivity contribution in [2.75, 3.05) is 0 Å². The molecule has 0 aliphatic heterocycles. The molecule has 0 atom stereocenters. The van der Waals surface area contributed by atoms with Crippen molar-refractivity contribution >= 4 is 11.8 Å². The zero-order chi connectivity index (χ0) is 17.6. The van der Waals surface area contributed by atoms with E-state index in [-0.39, 0.29) is 12.3 Å². The van der Waals surface area contributed by atoms with Crippen LogP contribution in [-0.4, -0.2) is 14.5 Å². The van der Waals surface area contributed by atoms with Gasteiger partial charge in [-0.3, -0.25) is 19.3 Å². The van der Waals surface area contributed by atoms with Gasteiger partial charge in [-0.2, -0.15) is 0 Å². The van der Waals surface area contributed by atoms with E-state index in [2.05, 4.69) is 9.97 Å². The van der Waals surface area contributed by atoms with Gasteiger partial charge < -0.3 is 4.74 Å². The molecular weight excluding hydrogens is 338 g/mol. The standard InChI is InChI=1S/C18H17N3O3S/c1-13-16(22)20-18(23)21(12-24-11-14-6-5-9-19-10-14)17(13)25-15-7-3-2-4-8-15/h2-10H,11-12H2,1H3,(H,20,22,23). The third-order valence-corrected chi connectivity index (χ3v) is 4.77. The van der Waals surface area contributed by atoms with E-state index < -0.39 is 5.69 Å². The lowest BCUT2D eigenvalue weighted by atomic mass is 10.3. The van der Waals surface area contributed by atoms with Gasteiger partial charge in [-0.05, 0) is 30.7 Å². The normalized spacial score (nSPS) is 10.8. The van der Waals surface area contributed by atoms with Crippen LogP contribution in [-0.2, 0) is 18.1 Å². The fourth-order valence-electron chi connectivity index (χ4n) is 2.24. The molecule has 3 aromatic rings. The smallest absolute Gasteiger partial charge is 0.331 e. The van der Waals surface area contributed by atoms with E-state index in [1.165, 1.54) is 16.3 Å². The van der Waals surface area contributed by atoms with Crippen molar-refractivity contribution in [2.45, 2.75) is 30.2 Å². The van der Waals surface area contributed by atoms with Crippen molar-refractivity contribution in [3.05, 3.63) is 86.8 Å². The minimum atomic E-state index is -0.486. The van der Waals surface area contributed by atoms with Crippen molar-refractivity contribution in [1.82, 2.24) is 14.5 Å². The molecule has 6 nitrogen and oxygen atoms in total. The number of nitrogens with one attached hydrogen (secondary N) is 1. The zero-order valence-corrected chi connectivity index (χ0v) is 14.5. The Morgan fingerprint density at radius 2 is 1.96 bits per heavy atom. The summed E-state index contributed by atoms with van der Waals surface area (Å²) in [5.74, 6) is 0. The van der Waals surface area contributed by atoms with Gasteiger partial charge in [0.2, 0.25) is 0 Å². The lowest BCUT2D eigenvalue weighted by molar-refractivity contribution is 0.0550. The van der Waals surface area contributed by atoms with Crippen molar-refractivity contribution in [3.63, 3.8) is 0 Å². The average molecular weight is 355 g/mol. The minimum Gasteiger partial charge on any atom is -0.356 e. The van der Waals surface area contributed by atoms with Crippen LogP contribution < -0.4 is 11.2 Å². The molecule has 0 radical (unpaired) electrons. The predicted octanol–water partition coefficient (Wildman–Crippen LogP) is 2.57. The molecule has 0 aliphatic rings. The Morgan fingerprint density at radius 1 is 1.16 bits per heavy atom. The molecule has 0 bridgehead atoms. The van der Waals surface area contributed by atoms with Gasteiger partial charge in [0.05, 0.1) is 11.6 Å². The minimum absolute atomic E-state index is 0.0422. The Kier molecular flexibility index (Phi) is 5.47. The molecule has 0 saturated carbocycles. The second-order valence-electron chi connectivity index (χ2n) is 5.37. The van der Waals surface area contributed by atoms with Crippen molar-refractivity contribution in [2.24, 2.45) is 0 Å². The second-order valence-corrected chi connectivity index (χ2v) is 6.43. The molecule has 0 saturated heterocycles. The van der Waals surface area contributed by atoms with Gasteiger partial charge in [0.1, 0.15) is 6.73 Å². The van der Waals surface area contributed by atoms with Gasteiger partial charge in [-0.25, -0.2) is 4.79 Å². The molecular formula is C18H17N3O3S. The average Bonchev–Trinajstić information content (AvgIpc) is 2.63. The quantitative estimate of drug-likeness (QED) is 0.688. The molecule has 2 aromatic heterocycles. The van der Waals surface area contributed by atoms with Crippen LogP contribution >= 0.6 is 11.8 Å². The van der Waals surface area contributed by atoms with Crippen LogP contribution in [0.15, 0.2) is 74.4 Å². The van der Waals surface area contributed by atoms with E-state index in [0.717, 1.165) is 10.5 Å². The molecule has 0 amide bonds. The summed E-state index contributed by atoms with van der Waals surface area (Å²) in [5, 5.41) is 0.575. The molecule has 128 valence electrons. The van der Waals surface area contributed by atoms with Crippen LogP contribution in [0.25, 0.3) is 0 Å². The third-order valence-electron chi connectivity index (χ3n) is 3.54. The monoisotopic (exact) mass is 355 g/mol. The number of aromatic amines is 1. The first-order valence-electron chi connectivity index (χ1n) is 7.68. The largest absolute Gasteiger partial charge is 0.356 e. The Labute approximate surface area is 148 Å². The Balaban J connectivity index is 1.85. The van der Waals surface area contributed by atoms with E-state index >= 15 is 0 Å². The Hall–Kier alpha value is -2.64. The van der Waals surface area contributed by atoms with E-state index in [4.69, 9.17) is 4.74 Å². The van der Waals surface area contributed by atoms with Gasteiger partial charge >= 0.3 is 5.69 Å². The molecule has 2 heterocycles. The van der Waals surface area contributed by atoms with Crippen LogP contribution in [0.2, 0.25) is 0 Å². The fraction of sp³-hybridized carbons (Fsp3) is 0.167. The summed E-state index contributed by atoms with van der Waals surface area (Å²) < 4.78 is 7.08. The fourth-order valence-corrected chi connectivity index (χ4v) is 3.25. The SMILES string of the molecule is Cc1c(Sc2ccccc2)n(COCc2cccnc2)c(=O)[nH]c1=O. The molecule has 7 heteroatoms. The number of ether oxygens (including phenoxy) is 1. The first kappa shape index (κ1) is 17.2. The molecule has 0 aliphatic carbocycles. The third kappa shape index (κ3) is 4.26. The number of pyridine rings is 1. The lowest BCUT2D eigenvalue weighted by Crippen LogP contribution is -2.33. The summed E-state index contributed by atoms with van der Waals surface area (Å²) in [7, 11) is 0. The number of benzene rings is 1. The highest BCUT2D eigenvalue weighted by molar-refractivity contribution is 7.99. The number of H-pyrrole nitrogens is 1. The zero-order valence-electron chi connectivity index (χ0n) is 13.6. The number of hydrogen-bond acceptors (Lipinski definition) is 5. The Bertz CT molecular complexity index is 953. The van der Waals surface area contributed by atoms with Gasteiger partial charge in [-0.1, -0.05) is 36.0 Å². The van der Waals surface area contributed by atoms with Crippen LogP contribution in [0.3, 0.4) is 0 Å². The number of rotatable bonds is 6. The summed E-state index contributed by atoms with van der Waals surface area (Å²) in [4.78, 5) is 31.5. The number of hydrogen-bond donors (Lipinski definition) is 1. The van der Waals surface area contributed by atoms with Gasteiger partial charge in [0.15, 0.2) is 0 Å². The van der Waals surface area contributed by atoms with E-state index in [1.54, 1.807) is 19.3 Å². The summed E-state index contributed by atoms with van der Waals surface area (Å²) >= 11 is 1.37. The maximum absolute atomic E-state index is 12.2. The van der Waals surface area contributed by atoms with E-state index in [0.29, 0.717) is 17.2 Å². The van der Waals surface area contributed by atoms with E-state index in [9.17, 15) is 9.59 Å². The van der Waals surface area contributed by atoms with Gasteiger partial charge in [-0.15, -0.1) is 0 Å². The Morgan fingerprint density at radius 3 is 2.68 bits per heavy atom. The summed E-state index contributed by atoms with van der Waals surface area (Å²) in [5.41, 5.74) is 0.527. The van der Waals surface area contributed by atoms with Crippen LogP contribution in [0.1, 0.15) is 11.1 Å². The van der Waals surface area contributed by atoms with E-state index in [1.807, 2.05) is 42.5 Å². The highest BCUT2D eigenvalue weighted by Gasteiger charge is 2.13. The van der Waals surface area contributed by atoms with Crippen LogP contribution in [0.5, 0.6) is 0 Å². The molecule has 0 spiro atoms. The van der Waals surface area contributed by atoms with Crippen molar-refractivity contribution in [1.29, 1.82) is 0 Å². The molecule has 3 rings (SSSR count). The van der Waals surface area contributed by atoms with Gasteiger partial charge in [0.25, 0.3) is 5.56 Å². The highest BCUT2D eigenvalue weighted by Crippen LogP contribution is 2.27. The molecule has 0 fully saturated rings. The maximum atomic E-state index is 12.2. The topological polar surface area (TPSA) is 77.0 Å². The van der Waals surface area contributed by atoms with Crippen LogP contribution in [0.4, 0.5) is 0 Å². The lowest BCUT2D eigenvalue weighted by Gasteiger charge is -2.14. The van der Waals surface area contributed by atoms with Crippen LogP contribution in [0, 0.1) is 6.92 Å². The van der Waals surface area contributed by atoms with Gasteiger partial charge in [0, 0.05) is 22.9 Å². The first-order chi connectivity index (χ1) is 12.1. The second kappa shape index (κ2) is 7.96. The first-order valence-corrected chi connectivity index (χ1v) is 8.50. The number of aromatic nitrogens is 3. The summed E-state index contributed by atoms with van der Waals surface area (Å²) in [6.07, 6.45) is 3.40. The molecule has 1 N–H and O–H groups in total. The summed E-state index contributed by atoms with van der Waals surface area (Å²) in [6, 6.07) is 13.3. The predicted molar refractivity (Wildman–Crippen MR) is 95.7 cm³/mol. The summed E-state index contributed by atoms with van der Waals surface area (Å²) in [6.45, 7) is 2.07. The number of nitrogens with zero attached hydrogens (tertiary/aromatic N) is 2. The maximum Gasteiger partial charge on any atom is 0.331 e. The highest BCUT2D eigenvalue weighted by atomic mass is 32.2. The molecule has 1 aromatic carbocycles. The molecule has 25 heavy (non-hydrogen) atoms.